The average Bonchev–Trinajstić information content (AvgIpc) is 2.41. The molecule has 0 spiro atoms. The Kier molecular flexibility index (Phi) is 3.55. The molecule has 0 bridgehead atoms. The third-order valence-electron chi connectivity index (χ3n) is 1.93. The molecule has 0 aromatic carbocycles. The molecule has 0 atom stereocenters. The van der Waals surface area contributed by atoms with Gasteiger partial charge in [0.15, 0.2) is 11.2 Å². The van der Waals surface area contributed by atoms with Gasteiger partial charge in [0.05, 0.1) is 0 Å². The number of H-pyrrole nitrogens is 1. The first kappa shape index (κ1) is 11.6. The molecule has 0 unspecified atom stereocenters. The summed E-state index contributed by atoms with van der Waals surface area (Å²) < 4.78 is 0. The Balaban J connectivity index is 0.000000169. The lowest BCUT2D eigenvalue weighted by atomic mass is 10.5. The lowest BCUT2D eigenvalue weighted by Crippen LogP contribution is -2.12. The molecule has 7 nitrogen and oxygen atoms in total. The molecular weight excluding hydrogens is 232 g/mol. The van der Waals surface area contributed by atoms with Crippen LogP contribution in [0.4, 0.5) is 5.95 Å². The number of anilines is 1. The summed E-state index contributed by atoms with van der Waals surface area (Å²) in [7, 11) is 0. The maximum Gasteiger partial charge on any atom is 0.280 e. The fourth-order valence-electron chi connectivity index (χ4n) is 1.20. The highest BCUT2D eigenvalue weighted by Crippen LogP contribution is 1.97. The Morgan fingerprint density at radius 2 is 1.72 bits per heavy atom. The van der Waals surface area contributed by atoms with Gasteiger partial charge in [-0.2, -0.15) is 4.98 Å². The van der Waals surface area contributed by atoms with Gasteiger partial charge in [-0.1, -0.05) is 6.07 Å². The summed E-state index contributed by atoms with van der Waals surface area (Å²) >= 11 is 0. The van der Waals surface area contributed by atoms with Gasteiger partial charge in [-0.05, 0) is 12.1 Å². The maximum absolute atomic E-state index is 11.1. The molecule has 7 heteroatoms. The van der Waals surface area contributed by atoms with Crippen molar-refractivity contribution in [3.63, 3.8) is 0 Å². The number of fused-ring (bicyclic) bond motifs is 1. The minimum atomic E-state index is -0.370. The van der Waals surface area contributed by atoms with Crippen molar-refractivity contribution in [1.29, 1.82) is 0 Å². The molecule has 3 aromatic rings. The lowest BCUT2D eigenvalue weighted by molar-refractivity contribution is 1.12. The van der Waals surface area contributed by atoms with Crippen LogP contribution >= 0.6 is 0 Å². The number of hydrogen-bond acceptors (Lipinski definition) is 6. The number of hydrogen-bond donors (Lipinski definition) is 2. The second kappa shape index (κ2) is 5.48. The minimum absolute atomic E-state index is 0.0491. The van der Waals surface area contributed by atoms with Crippen LogP contribution in [-0.2, 0) is 0 Å². The van der Waals surface area contributed by atoms with Gasteiger partial charge in [0.25, 0.3) is 5.56 Å². The predicted octanol–water partition coefficient (Wildman–Crippen LogP) is 0.377. The lowest BCUT2D eigenvalue weighted by Gasteiger charge is -1.94. The van der Waals surface area contributed by atoms with Crippen LogP contribution in [0.5, 0.6) is 0 Å². The standard InChI is InChI=1S/C6H5N5O.C5H5N/c7-6-10-4-3(5(12)11-6)8-1-2-9-4;1-2-4-6-5-3-1/h1-2H,(H3,7,9,10,11,12);1-5H. The van der Waals surface area contributed by atoms with Gasteiger partial charge in [-0.3, -0.25) is 14.8 Å². The van der Waals surface area contributed by atoms with Gasteiger partial charge in [0.1, 0.15) is 0 Å². The summed E-state index contributed by atoms with van der Waals surface area (Å²) in [6, 6.07) is 5.72. The van der Waals surface area contributed by atoms with Crippen molar-refractivity contribution >= 4 is 17.1 Å². The second-order valence-corrected chi connectivity index (χ2v) is 3.20. The van der Waals surface area contributed by atoms with E-state index >= 15 is 0 Å². The van der Waals surface area contributed by atoms with Crippen LogP contribution in [0.3, 0.4) is 0 Å². The van der Waals surface area contributed by atoms with E-state index in [4.69, 9.17) is 5.73 Å². The molecular formula is C11H10N6O. The van der Waals surface area contributed by atoms with Crippen molar-refractivity contribution < 1.29 is 0 Å². The number of nitrogens with zero attached hydrogens (tertiary/aromatic N) is 4. The van der Waals surface area contributed by atoms with E-state index in [1.54, 1.807) is 12.4 Å². The van der Waals surface area contributed by atoms with Crippen LogP contribution in [0, 0.1) is 0 Å². The number of nitrogens with one attached hydrogen (secondary N) is 1. The van der Waals surface area contributed by atoms with Gasteiger partial charge < -0.3 is 5.73 Å². The summed E-state index contributed by atoms with van der Waals surface area (Å²) in [5.41, 5.74) is 5.38. The fourth-order valence-corrected chi connectivity index (χ4v) is 1.20. The quantitative estimate of drug-likeness (QED) is 0.589. The fraction of sp³-hybridized carbons (Fsp3) is 0. The molecule has 0 fully saturated rings. The predicted molar refractivity (Wildman–Crippen MR) is 66.6 cm³/mol. The van der Waals surface area contributed by atoms with Crippen molar-refractivity contribution in [3.05, 3.63) is 53.3 Å². The summed E-state index contributed by atoms with van der Waals surface area (Å²) in [5.74, 6) is 0.0491. The van der Waals surface area contributed by atoms with Gasteiger partial charge in [-0.15, -0.1) is 0 Å². The van der Waals surface area contributed by atoms with Crippen molar-refractivity contribution in [3.8, 4) is 0 Å². The van der Waals surface area contributed by atoms with Gasteiger partial charge >= 0.3 is 0 Å². The molecule has 3 heterocycles. The molecule has 3 rings (SSSR count). The van der Waals surface area contributed by atoms with E-state index in [-0.39, 0.29) is 22.7 Å². The topological polar surface area (TPSA) is 110 Å². The zero-order chi connectivity index (χ0) is 12.8. The molecule has 3 aromatic heterocycles. The van der Waals surface area contributed by atoms with E-state index in [1.807, 2.05) is 18.2 Å². The van der Waals surface area contributed by atoms with Gasteiger partial charge in [0.2, 0.25) is 5.95 Å². The summed E-state index contributed by atoms with van der Waals surface area (Å²) in [6.07, 6.45) is 6.38. The highest BCUT2D eigenvalue weighted by molar-refractivity contribution is 5.68. The average molecular weight is 242 g/mol. The monoisotopic (exact) mass is 242 g/mol. The molecule has 0 aliphatic carbocycles. The second-order valence-electron chi connectivity index (χ2n) is 3.20. The van der Waals surface area contributed by atoms with E-state index in [0.717, 1.165) is 0 Å². The first-order valence-electron chi connectivity index (χ1n) is 5.09. The first-order chi connectivity index (χ1) is 8.77. The van der Waals surface area contributed by atoms with Crippen molar-refractivity contribution in [1.82, 2.24) is 24.9 Å². The Hall–Kier alpha value is -2.83. The maximum atomic E-state index is 11.1. The normalized spacial score (nSPS) is 9.56. The molecule has 0 saturated heterocycles. The Morgan fingerprint density at radius 1 is 1.00 bits per heavy atom. The smallest absolute Gasteiger partial charge is 0.280 e. The van der Waals surface area contributed by atoms with Gasteiger partial charge in [-0.25, -0.2) is 9.97 Å². The minimum Gasteiger partial charge on any atom is -0.369 e. The van der Waals surface area contributed by atoms with Crippen molar-refractivity contribution in [2.24, 2.45) is 0 Å². The van der Waals surface area contributed by atoms with Crippen molar-refractivity contribution in [2.45, 2.75) is 0 Å². The van der Waals surface area contributed by atoms with Gasteiger partial charge in [0, 0.05) is 24.8 Å². The van der Waals surface area contributed by atoms with Crippen LogP contribution in [-0.4, -0.2) is 24.9 Å². The number of aromatic nitrogens is 5. The molecule has 0 amide bonds. The molecule has 3 N–H and O–H groups in total. The van der Waals surface area contributed by atoms with Crippen LogP contribution in [0.15, 0.2) is 47.8 Å². The van der Waals surface area contributed by atoms with Crippen LogP contribution in [0.1, 0.15) is 0 Å². The van der Waals surface area contributed by atoms with Crippen LogP contribution in [0.2, 0.25) is 0 Å². The number of nitrogen functional groups attached to an aromatic ring is 1. The van der Waals surface area contributed by atoms with E-state index in [2.05, 4.69) is 24.9 Å². The molecule has 0 aliphatic rings. The molecule has 0 aliphatic heterocycles. The number of aromatic amines is 1. The van der Waals surface area contributed by atoms with Crippen LogP contribution in [0.25, 0.3) is 11.2 Å². The highest BCUT2D eigenvalue weighted by Gasteiger charge is 2.01. The highest BCUT2D eigenvalue weighted by atomic mass is 16.1. The van der Waals surface area contributed by atoms with E-state index < -0.39 is 0 Å². The zero-order valence-electron chi connectivity index (χ0n) is 9.32. The number of rotatable bonds is 0. The Labute approximate surface area is 102 Å². The summed E-state index contributed by atoms with van der Waals surface area (Å²) in [4.78, 5) is 28.6. The molecule has 0 saturated carbocycles. The largest absolute Gasteiger partial charge is 0.369 e. The van der Waals surface area contributed by atoms with Crippen molar-refractivity contribution in [2.75, 3.05) is 5.73 Å². The van der Waals surface area contributed by atoms with E-state index in [1.165, 1.54) is 12.4 Å². The SMILES string of the molecule is Nc1nc2nccnc2c(=O)[nH]1.c1ccncc1. The first-order valence-corrected chi connectivity index (χ1v) is 5.09. The third-order valence-corrected chi connectivity index (χ3v) is 1.93. The van der Waals surface area contributed by atoms with E-state index in [0.29, 0.717) is 0 Å². The van der Waals surface area contributed by atoms with Crippen LogP contribution < -0.4 is 11.3 Å². The summed E-state index contributed by atoms with van der Waals surface area (Å²) in [5, 5.41) is 0. The Bertz CT molecular complexity index is 655. The number of nitrogens with two attached hydrogens (primary N) is 1. The molecule has 0 radical (unpaired) electrons. The third kappa shape index (κ3) is 2.85. The van der Waals surface area contributed by atoms with E-state index in [9.17, 15) is 4.79 Å². The molecule has 18 heavy (non-hydrogen) atoms. The Morgan fingerprint density at radius 3 is 2.33 bits per heavy atom. The summed E-state index contributed by atoms with van der Waals surface area (Å²) in [6.45, 7) is 0. The zero-order valence-corrected chi connectivity index (χ0v) is 9.32. The number of pyridine rings is 1. The molecule has 90 valence electrons.